The van der Waals surface area contributed by atoms with Gasteiger partial charge in [0.2, 0.25) is 0 Å². The Hall–Kier alpha value is -1.32. The average Bonchev–Trinajstić information content (AvgIpc) is 2.69. The fraction of sp³-hybridized carbons (Fsp3) is 0.833. The second-order valence-electron chi connectivity index (χ2n) is 8.50. The van der Waals surface area contributed by atoms with Crippen molar-refractivity contribution in [3.63, 3.8) is 0 Å². The van der Waals surface area contributed by atoms with Gasteiger partial charge < -0.3 is 9.47 Å². The van der Waals surface area contributed by atoms with Crippen molar-refractivity contribution >= 4 is 11.9 Å². The van der Waals surface area contributed by atoms with Gasteiger partial charge in [-0.2, -0.15) is 0 Å². The molecule has 0 N–H and O–H groups in total. The second-order valence-corrected chi connectivity index (χ2v) is 8.50. The lowest BCUT2D eigenvalue weighted by Gasteiger charge is -2.25. The fourth-order valence-electron chi connectivity index (χ4n) is 3.64. The molecule has 0 aromatic carbocycles. The smallest absolute Gasteiger partial charge is 0.310 e. The highest BCUT2D eigenvalue weighted by Gasteiger charge is 2.36. The monoisotopic (exact) mass is 394 g/mol. The van der Waals surface area contributed by atoms with Crippen LogP contribution in [0.5, 0.6) is 0 Å². The van der Waals surface area contributed by atoms with Crippen molar-refractivity contribution < 1.29 is 19.1 Å². The Morgan fingerprint density at radius 1 is 0.786 bits per heavy atom. The summed E-state index contributed by atoms with van der Waals surface area (Å²) in [6.45, 7) is 7.42. The van der Waals surface area contributed by atoms with Gasteiger partial charge in [0, 0.05) is 0 Å². The van der Waals surface area contributed by atoms with Crippen molar-refractivity contribution in [2.45, 2.75) is 97.8 Å². The van der Waals surface area contributed by atoms with E-state index in [4.69, 9.17) is 9.47 Å². The van der Waals surface area contributed by atoms with Crippen molar-refractivity contribution in [2.75, 3.05) is 13.2 Å². The highest BCUT2D eigenvalue weighted by atomic mass is 16.5. The molecule has 0 aliphatic heterocycles. The molecule has 0 saturated carbocycles. The van der Waals surface area contributed by atoms with E-state index in [-0.39, 0.29) is 23.8 Å². The molecule has 0 aromatic rings. The van der Waals surface area contributed by atoms with Crippen LogP contribution in [0, 0.1) is 17.8 Å². The zero-order valence-electron chi connectivity index (χ0n) is 18.4. The molecule has 0 fully saturated rings. The predicted molar refractivity (Wildman–Crippen MR) is 114 cm³/mol. The number of rotatable bonds is 15. The highest BCUT2D eigenvalue weighted by molar-refractivity contribution is 5.82. The summed E-state index contributed by atoms with van der Waals surface area (Å²) in [5.74, 6) is -0.459. The van der Waals surface area contributed by atoms with Gasteiger partial charge in [-0.3, -0.25) is 9.59 Å². The molecule has 162 valence electrons. The molecule has 1 aliphatic carbocycles. The lowest BCUT2D eigenvalue weighted by Crippen LogP contribution is -2.34. The summed E-state index contributed by atoms with van der Waals surface area (Å²) in [7, 11) is 0. The largest absolute Gasteiger partial charge is 0.465 e. The maximum Gasteiger partial charge on any atom is 0.310 e. The Morgan fingerprint density at radius 2 is 1.25 bits per heavy atom. The van der Waals surface area contributed by atoms with E-state index in [9.17, 15) is 9.59 Å². The van der Waals surface area contributed by atoms with Crippen LogP contribution >= 0.6 is 0 Å². The van der Waals surface area contributed by atoms with Gasteiger partial charge in [0.05, 0.1) is 25.0 Å². The molecule has 4 nitrogen and oxygen atoms in total. The van der Waals surface area contributed by atoms with E-state index in [1.165, 1.54) is 44.9 Å². The molecule has 0 amide bonds. The van der Waals surface area contributed by atoms with Crippen LogP contribution in [0.1, 0.15) is 97.8 Å². The molecule has 0 radical (unpaired) electrons. The number of hydrogen-bond acceptors (Lipinski definition) is 4. The Balaban J connectivity index is 2.10. The molecule has 2 atom stereocenters. The van der Waals surface area contributed by atoms with E-state index in [0.717, 1.165) is 25.2 Å². The van der Waals surface area contributed by atoms with Crippen LogP contribution in [0.3, 0.4) is 0 Å². The fourth-order valence-corrected chi connectivity index (χ4v) is 3.64. The first kappa shape index (κ1) is 24.7. The first-order valence-corrected chi connectivity index (χ1v) is 11.5. The quantitative estimate of drug-likeness (QED) is 0.188. The van der Waals surface area contributed by atoms with Gasteiger partial charge in [0.15, 0.2) is 0 Å². The molecule has 1 rings (SSSR count). The van der Waals surface area contributed by atoms with Crippen LogP contribution in [0.15, 0.2) is 12.2 Å². The van der Waals surface area contributed by atoms with Crippen LogP contribution in [0.25, 0.3) is 0 Å². The van der Waals surface area contributed by atoms with E-state index in [2.05, 4.69) is 13.8 Å². The summed E-state index contributed by atoms with van der Waals surface area (Å²) in [5, 5.41) is 0. The standard InChI is InChI=1S/C24H42O4/c1-4-18-27-23(25)21-16-12-13-17-22(21)24(26)28-19-14-10-8-6-5-7-9-11-15-20(2)3/h12-13,20-22H,4-11,14-19H2,1-3H3. The zero-order chi connectivity index (χ0) is 20.6. The van der Waals surface area contributed by atoms with Crippen LogP contribution in [0.4, 0.5) is 0 Å². The molecule has 4 heteroatoms. The third kappa shape index (κ3) is 10.9. The third-order valence-corrected chi connectivity index (χ3v) is 5.41. The summed E-state index contributed by atoms with van der Waals surface area (Å²) < 4.78 is 10.7. The van der Waals surface area contributed by atoms with Gasteiger partial charge in [0.25, 0.3) is 0 Å². The summed E-state index contributed by atoms with van der Waals surface area (Å²) in [6, 6.07) is 0. The van der Waals surface area contributed by atoms with Crippen molar-refractivity contribution in [2.24, 2.45) is 17.8 Å². The van der Waals surface area contributed by atoms with Crippen molar-refractivity contribution in [1.82, 2.24) is 0 Å². The van der Waals surface area contributed by atoms with Crippen molar-refractivity contribution in [1.29, 1.82) is 0 Å². The van der Waals surface area contributed by atoms with E-state index >= 15 is 0 Å². The minimum atomic E-state index is -0.389. The highest BCUT2D eigenvalue weighted by Crippen LogP contribution is 2.28. The van der Waals surface area contributed by atoms with Crippen LogP contribution in [0.2, 0.25) is 0 Å². The molecular weight excluding hydrogens is 352 g/mol. The summed E-state index contributed by atoms with van der Waals surface area (Å²) >= 11 is 0. The van der Waals surface area contributed by atoms with E-state index in [1.807, 2.05) is 19.1 Å². The van der Waals surface area contributed by atoms with Gasteiger partial charge in [0.1, 0.15) is 0 Å². The lowest BCUT2D eigenvalue weighted by molar-refractivity contribution is -0.161. The van der Waals surface area contributed by atoms with E-state index in [1.54, 1.807) is 0 Å². The van der Waals surface area contributed by atoms with Crippen molar-refractivity contribution in [3.05, 3.63) is 12.2 Å². The number of hydrogen-bond donors (Lipinski definition) is 0. The molecule has 0 spiro atoms. The zero-order valence-corrected chi connectivity index (χ0v) is 18.4. The molecule has 0 saturated heterocycles. The second kappa shape index (κ2) is 15.6. The topological polar surface area (TPSA) is 52.6 Å². The molecule has 1 aliphatic rings. The van der Waals surface area contributed by atoms with E-state index < -0.39 is 0 Å². The van der Waals surface area contributed by atoms with Crippen LogP contribution in [-0.2, 0) is 19.1 Å². The summed E-state index contributed by atoms with van der Waals surface area (Å²) in [5.41, 5.74) is 0. The molecular formula is C24H42O4. The van der Waals surface area contributed by atoms with Gasteiger partial charge in [-0.1, -0.05) is 84.3 Å². The number of carbonyl (C=O) groups is 2. The van der Waals surface area contributed by atoms with Crippen LogP contribution in [-0.4, -0.2) is 25.2 Å². The van der Waals surface area contributed by atoms with Crippen LogP contribution < -0.4 is 0 Å². The van der Waals surface area contributed by atoms with E-state index in [0.29, 0.717) is 26.1 Å². The third-order valence-electron chi connectivity index (χ3n) is 5.41. The number of allylic oxidation sites excluding steroid dienone is 2. The Bertz CT molecular complexity index is 456. The Labute approximate surface area is 172 Å². The Kier molecular flexibility index (Phi) is 13.8. The van der Waals surface area contributed by atoms with Crippen molar-refractivity contribution in [3.8, 4) is 0 Å². The number of unbranched alkanes of at least 4 members (excludes halogenated alkanes) is 7. The normalized spacial score (nSPS) is 19.0. The van der Waals surface area contributed by atoms with Gasteiger partial charge >= 0.3 is 11.9 Å². The molecule has 0 heterocycles. The van der Waals surface area contributed by atoms with Gasteiger partial charge in [-0.25, -0.2) is 0 Å². The number of esters is 2. The molecule has 0 bridgehead atoms. The molecule has 0 aromatic heterocycles. The first-order chi connectivity index (χ1) is 13.6. The minimum absolute atomic E-state index is 0.243. The molecule has 2 unspecified atom stereocenters. The molecule has 28 heavy (non-hydrogen) atoms. The predicted octanol–water partition coefficient (Wildman–Crippen LogP) is 6.23. The first-order valence-electron chi connectivity index (χ1n) is 11.5. The van der Waals surface area contributed by atoms with Gasteiger partial charge in [-0.15, -0.1) is 0 Å². The lowest BCUT2D eigenvalue weighted by atomic mass is 9.83. The summed E-state index contributed by atoms with van der Waals surface area (Å²) in [6.07, 6.45) is 17.1. The number of carbonyl (C=O) groups excluding carboxylic acids is 2. The SMILES string of the molecule is CCCOC(=O)C1CC=CCC1C(=O)OCCCCCCCCCCC(C)C. The summed E-state index contributed by atoms with van der Waals surface area (Å²) in [4.78, 5) is 24.6. The Morgan fingerprint density at radius 3 is 1.75 bits per heavy atom. The maximum atomic E-state index is 12.4. The minimum Gasteiger partial charge on any atom is -0.465 e. The maximum absolute atomic E-state index is 12.4. The van der Waals surface area contributed by atoms with Gasteiger partial charge in [-0.05, 0) is 31.6 Å². The average molecular weight is 395 g/mol. The number of ether oxygens (including phenoxy) is 2.